The van der Waals surface area contributed by atoms with Gasteiger partial charge in [-0.15, -0.1) is 0 Å². The highest BCUT2D eigenvalue weighted by Crippen LogP contribution is 2.05. The van der Waals surface area contributed by atoms with Gasteiger partial charge in [-0.05, 0) is 30.9 Å². The van der Waals surface area contributed by atoms with Crippen LogP contribution < -0.4 is 5.32 Å². The normalized spacial score (nSPS) is 12.6. The molecule has 16 heavy (non-hydrogen) atoms. The molecular formula is C13H27NO2. The summed E-state index contributed by atoms with van der Waals surface area (Å²) < 4.78 is 5.47. The van der Waals surface area contributed by atoms with E-state index in [2.05, 4.69) is 39.1 Å². The molecule has 0 aromatic heterocycles. The van der Waals surface area contributed by atoms with Crippen LogP contribution in [0.2, 0.25) is 0 Å². The minimum absolute atomic E-state index is 0.0726. The lowest BCUT2D eigenvalue weighted by Gasteiger charge is -2.12. The Bertz CT molecular complexity index is 188. The van der Waals surface area contributed by atoms with Crippen LogP contribution in [0.25, 0.3) is 0 Å². The first kappa shape index (κ1) is 15.5. The summed E-state index contributed by atoms with van der Waals surface area (Å²) in [6.45, 7) is 10.9. The highest BCUT2D eigenvalue weighted by molar-refractivity contribution is 4.96. The summed E-state index contributed by atoms with van der Waals surface area (Å²) in [6.07, 6.45) is 3.14. The van der Waals surface area contributed by atoms with Crippen LogP contribution >= 0.6 is 0 Å². The second-order valence-corrected chi connectivity index (χ2v) is 4.90. The van der Waals surface area contributed by atoms with E-state index in [0.717, 1.165) is 25.3 Å². The fourth-order valence-electron chi connectivity index (χ4n) is 1.21. The molecule has 0 heterocycles. The monoisotopic (exact) mass is 229 g/mol. The number of hydrogen-bond acceptors (Lipinski definition) is 3. The fourth-order valence-corrected chi connectivity index (χ4v) is 1.21. The first-order valence-corrected chi connectivity index (χ1v) is 6.19. The molecule has 0 spiro atoms. The van der Waals surface area contributed by atoms with Gasteiger partial charge in [0, 0.05) is 0 Å². The molecule has 0 fully saturated rings. The smallest absolute Gasteiger partial charge is 0.111 e. The summed E-state index contributed by atoms with van der Waals surface area (Å²) in [7, 11) is 0. The summed E-state index contributed by atoms with van der Waals surface area (Å²) in [6, 6.07) is 0. The number of ether oxygens (including phenoxy) is 1. The van der Waals surface area contributed by atoms with Crippen LogP contribution in [-0.2, 0) is 4.74 Å². The van der Waals surface area contributed by atoms with E-state index in [4.69, 9.17) is 9.84 Å². The molecule has 0 rings (SSSR count). The molecule has 0 bridgehead atoms. The molecule has 3 heteroatoms. The van der Waals surface area contributed by atoms with E-state index in [1.807, 2.05) is 0 Å². The van der Waals surface area contributed by atoms with Crippen LogP contribution in [-0.4, -0.2) is 31.4 Å². The standard InChI is InChI=1S/C13H27NO2/c1-11(2)5-6-13(16-8-7-15)10-14-9-12(3)4/h6,11-12,14-15H,5,7-10H2,1-4H3. The summed E-state index contributed by atoms with van der Waals surface area (Å²) in [5.74, 6) is 2.23. The van der Waals surface area contributed by atoms with Gasteiger partial charge in [-0.25, -0.2) is 0 Å². The van der Waals surface area contributed by atoms with E-state index in [0.29, 0.717) is 18.4 Å². The predicted molar refractivity (Wildman–Crippen MR) is 68.3 cm³/mol. The topological polar surface area (TPSA) is 41.5 Å². The maximum absolute atomic E-state index is 8.73. The summed E-state index contributed by atoms with van der Waals surface area (Å²) in [5.41, 5.74) is 0. The molecule has 2 N–H and O–H groups in total. The van der Waals surface area contributed by atoms with E-state index >= 15 is 0 Å². The Morgan fingerprint density at radius 3 is 2.44 bits per heavy atom. The van der Waals surface area contributed by atoms with Crippen LogP contribution in [0.3, 0.4) is 0 Å². The quantitative estimate of drug-likeness (QED) is 0.595. The largest absolute Gasteiger partial charge is 0.495 e. The minimum Gasteiger partial charge on any atom is -0.495 e. The molecule has 3 nitrogen and oxygen atoms in total. The minimum atomic E-state index is 0.0726. The molecule has 0 aliphatic rings. The van der Waals surface area contributed by atoms with Gasteiger partial charge in [-0.1, -0.05) is 27.7 Å². The Kier molecular flexibility index (Phi) is 9.34. The molecular weight excluding hydrogens is 202 g/mol. The molecule has 0 radical (unpaired) electrons. The van der Waals surface area contributed by atoms with Crippen molar-refractivity contribution in [3.05, 3.63) is 11.8 Å². The summed E-state index contributed by atoms with van der Waals surface area (Å²) >= 11 is 0. The molecule has 0 aliphatic carbocycles. The van der Waals surface area contributed by atoms with E-state index < -0.39 is 0 Å². The van der Waals surface area contributed by atoms with Crippen LogP contribution in [0.1, 0.15) is 34.1 Å². The molecule has 0 amide bonds. The molecule has 0 aromatic rings. The van der Waals surface area contributed by atoms with Crippen molar-refractivity contribution in [1.29, 1.82) is 0 Å². The molecule has 0 saturated heterocycles. The maximum atomic E-state index is 8.73. The van der Waals surface area contributed by atoms with Crippen LogP contribution in [0.5, 0.6) is 0 Å². The average molecular weight is 229 g/mol. The molecule has 96 valence electrons. The van der Waals surface area contributed by atoms with Crippen molar-refractivity contribution in [3.8, 4) is 0 Å². The molecule has 0 aromatic carbocycles. The third-order valence-corrected chi connectivity index (χ3v) is 2.05. The Hall–Kier alpha value is -0.540. The lowest BCUT2D eigenvalue weighted by molar-refractivity contribution is 0.140. The zero-order valence-electron chi connectivity index (χ0n) is 11.1. The first-order chi connectivity index (χ1) is 7.56. The van der Waals surface area contributed by atoms with Crippen molar-refractivity contribution < 1.29 is 9.84 Å². The summed E-state index contributed by atoms with van der Waals surface area (Å²) in [4.78, 5) is 0. The van der Waals surface area contributed by atoms with Crippen molar-refractivity contribution in [3.63, 3.8) is 0 Å². The van der Waals surface area contributed by atoms with Gasteiger partial charge in [0.15, 0.2) is 0 Å². The number of hydrogen-bond donors (Lipinski definition) is 2. The third-order valence-electron chi connectivity index (χ3n) is 2.05. The molecule has 0 aliphatic heterocycles. The number of rotatable bonds is 9. The van der Waals surface area contributed by atoms with E-state index in [1.165, 1.54) is 0 Å². The highest BCUT2D eigenvalue weighted by Gasteiger charge is 2.00. The van der Waals surface area contributed by atoms with E-state index in [1.54, 1.807) is 0 Å². The second-order valence-electron chi connectivity index (χ2n) is 4.90. The van der Waals surface area contributed by atoms with Crippen LogP contribution in [0.4, 0.5) is 0 Å². The van der Waals surface area contributed by atoms with Gasteiger partial charge in [-0.2, -0.15) is 0 Å². The third kappa shape index (κ3) is 9.99. The van der Waals surface area contributed by atoms with Gasteiger partial charge in [0.1, 0.15) is 12.4 Å². The lowest BCUT2D eigenvalue weighted by Crippen LogP contribution is -2.23. The highest BCUT2D eigenvalue weighted by atomic mass is 16.5. The zero-order chi connectivity index (χ0) is 12.4. The molecule has 0 atom stereocenters. The van der Waals surface area contributed by atoms with Crippen molar-refractivity contribution in [2.24, 2.45) is 11.8 Å². The van der Waals surface area contributed by atoms with Crippen molar-refractivity contribution in [2.45, 2.75) is 34.1 Å². The van der Waals surface area contributed by atoms with Crippen LogP contribution in [0.15, 0.2) is 11.8 Å². The first-order valence-electron chi connectivity index (χ1n) is 6.19. The van der Waals surface area contributed by atoms with Gasteiger partial charge in [-0.3, -0.25) is 0 Å². The van der Waals surface area contributed by atoms with E-state index in [9.17, 15) is 0 Å². The van der Waals surface area contributed by atoms with Gasteiger partial charge in [0.25, 0.3) is 0 Å². The van der Waals surface area contributed by atoms with Crippen LogP contribution in [0, 0.1) is 11.8 Å². The van der Waals surface area contributed by atoms with Gasteiger partial charge >= 0.3 is 0 Å². The van der Waals surface area contributed by atoms with Gasteiger partial charge < -0.3 is 15.2 Å². The zero-order valence-corrected chi connectivity index (χ0v) is 11.1. The maximum Gasteiger partial charge on any atom is 0.111 e. The summed E-state index contributed by atoms with van der Waals surface area (Å²) in [5, 5.41) is 12.1. The van der Waals surface area contributed by atoms with Gasteiger partial charge in [0.05, 0.1) is 13.2 Å². The van der Waals surface area contributed by atoms with Crippen molar-refractivity contribution in [1.82, 2.24) is 5.32 Å². The van der Waals surface area contributed by atoms with Crippen molar-refractivity contribution >= 4 is 0 Å². The fraction of sp³-hybridized carbons (Fsp3) is 0.846. The number of aliphatic hydroxyl groups is 1. The van der Waals surface area contributed by atoms with E-state index in [-0.39, 0.29) is 6.61 Å². The van der Waals surface area contributed by atoms with Gasteiger partial charge in [0.2, 0.25) is 0 Å². The number of nitrogens with one attached hydrogen (secondary N) is 1. The second kappa shape index (κ2) is 9.67. The molecule has 0 unspecified atom stereocenters. The number of allylic oxidation sites excluding steroid dienone is 1. The predicted octanol–water partition coefficient (Wildman–Crippen LogP) is 2.17. The molecule has 0 saturated carbocycles. The Morgan fingerprint density at radius 1 is 1.25 bits per heavy atom. The number of aliphatic hydroxyl groups excluding tert-OH is 1. The Balaban J connectivity index is 3.94. The SMILES string of the molecule is CC(C)CC=C(CNCC(C)C)OCCO. The Labute approximate surface area is 99.9 Å². The lowest BCUT2D eigenvalue weighted by atomic mass is 10.1. The van der Waals surface area contributed by atoms with Crippen molar-refractivity contribution in [2.75, 3.05) is 26.3 Å². The average Bonchev–Trinajstić information content (AvgIpc) is 2.20. The Morgan fingerprint density at radius 2 is 1.94 bits per heavy atom.